The predicted molar refractivity (Wildman–Crippen MR) is 142 cm³/mol. The summed E-state index contributed by atoms with van der Waals surface area (Å²) in [6.45, 7) is 7.76. The average Bonchev–Trinajstić information content (AvgIpc) is 2.86. The molecule has 0 aliphatic heterocycles. The zero-order chi connectivity index (χ0) is 23.5. The Hall–Kier alpha value is -3.78. The van der Waals surface area contributed by atoms with E-state index in [0.29, 0.717) is 13.2 Å². The Labute approximate surface area is 201 Å². The number of hydrogen-bond donors (Lipinski definition) is 0. The van der Waals surface area contributed by atoms with Crippen LogP contribution < -0.4 is 9.47 Å². The number of ether oxygens (including phenoxy) is 2. The Morgan fingerprint density at radius 3 is 1.44 bits per heavy atom. The van der Waals surface area contributed by atoms with Gasteiger partial charge >= 0.3 is 0 Å². The topological polar surface area (TPSA) is 18.5 Å². The largest absolute Gasteiger partial charge is 0.488 e. The smallest absolute Gasteiger partial charge is 0.135 e. The maximum atomic E-state index is 6.55. The van der Waals surface area contributed by atoms with Crippen molar-refractivity contribution < 1.29 is 9.47 Å². The molecule has 0 aliphatic rings. The van der Waals surface area contributed by atoms with E-state index in [0.717, 1.165) is 44.2 Å². The van der Waals surface area contributed by atoms with E-state index in [1.54, 1.807) is 0 Å². The number of hydrogen-bond acceptors (Lipinski definition) is 2. The highest BCUT2D eigenvalue weighted by Gasteiger charge is 2.20. The highest BCUT2D eigenvalue weighted by molar-refractivity contribution is 6.11. The molecule has 0 aromatic heterocycles. The van der Waals surface area contributed by atoms with Gasteiger partial charge in [-0.1, -0.05) is 118 Å². The van der Waals surface area contributed by atoms with Gasteiger partial charge in [-0.05, 0) is 28.2 Å². The van der Waals surface area contributed by atoms with Crippen LogP contribution in [0, 0.1) is 0 Å². The van der Waals surface area contributed by atoms with Gasteiger partial charge in [-0.15, -0.1) is 0 Å². The summed E-state index contributed by atoms with van der Waals surface area (Å²) in [4.78, 5) is 0. The van der Waals surface area contributed by atoms with E-state index in [-0.39, 0.29) is 5.41 Å². The van der Waals surface area contributed by atoms with Crippen LogP contribution in [0.25, 0.3) is 21.5 Å². The zero-order valence-electron chi connectivity index (χ0n) is 20.0. The van der Waals surface area contributed by atoms with Gasteiger partial charge in [0.1, 0.15) is 24.7 Å². The van der Waals surface area contributed by atoms with Crippen LogP contribution in [0.5, 0.6) is 11.5 Å². The first kappa shape index (κ1) is 22.0. The van der Waals surface area contributed by atoms with Crippen LogP contribution in [0.1, 0.15) is 37.5 Å². The van der Waals surface area contributed by atoms with Crippen LogP contribution >= 0.6 is 0 Å². The molecule has 0 bridgehead atoms. The van der Waals surface area contributed by atoms with Crippen molar-refractivity contribution in [2.24, 2.45) is 0 Å². The summed E-state index contributed by atoms with van der Waals surface area (Å²) >= 11 is 0. The number of rotatable bonds is 6. The molecule has 0 N–H and O–H groups in total. The van der Waals surface area contributed by atoms with E-state index in [4.69, 9.17) is 9.47 Å². The molecular formula is C32H30O2. The summed E-state index contributed by atoms with van der Waals surface area (Å²) in [6, 6.07) is 35.7. The first-order chi connectivity index (χ1) is 16.5. The normalized spacial score (nSPS) is 11.6. The summed E-state index contributed by atoms with van der Waals surface area (Å²) in [5.74, 6) is 1.81. The molecule has 0 fully saturated rings. The second kappa shape index (κ2) is 9.23. The summed E-state index contributed by atoms with van der Waals surface area (Å²) < 4.78 is 13.1. The van der Waals surface area contributed by atoms with E-state index < -0.39 is 0 Å². The summed E-state index contributed by atoms with van der Waals surface area (Å²) in [5, 5.41) is 4.30. The molecule has 5 rings (SSSR count). The lowest BCUT2D eigenvalue weighted by Crippen LogP contribution is -2.11. The average molecular weight is 447 g/mol. The van der Waals surface area contributed by atoms with E-state index in [1.165, 1.54) is 5.56 Å². The number of fused-ring (bicyclic) bond motifs is 2. The van der Waals surface area contributed by atoms with Crippen molar-refractivity contribution in [2.45, 2.75) is 39.4 Å². The third-order valence-electron chi connectivity index (χ3n) is 6.24. The molecule has 0 unspecified atom stereocenters. The lowest BCUT2D eigenvalue weighted by atomic mass is 9.85. The van der Waals surface area contributed by atoms with Crippen molar-refractivity contribution in [3.05, 3.63) is 120 Å². The minimum atomic E-state index is 0.0294. The second-order valence-electron chi connectivity index (χ2n) is 9.76. The van der Waals surface area contributed by atoms with Crippen LogP contribution in [-0.2, 0) is 18.6 Å². The van der Waals surface area contributed by atoms with Crippen LogP contribution in [0.3, 0.4) is 0 Å². The van der Waals surface area contributed by atoms with Crippen molar-refractivity contribution in [2.75, 3.05) is 0 Å². The van der Waals surface area contributed by atoms with Crippen LogP contribution in [-0.4, -0.2) is 0 Å². The Bertz CT molecular complexity index is 1410. The fraction of sp³-hybridized carbons (Fsp3) is 0.188. The van der Waals surface area contributed by atoms with Gasteiger partial charge < -0.3 is 9.47 Å². The fourth-order valence-electron chi connectivity index (χ4n) is 4.34. The maximum Gasteiger partial charge on any atom is 0.135 e. The molecule has 0 radical (unpaired) electrons. The van der Waals surface area contributed by atoms with Gasteiger partial charge in [0.15, 0.2) is 0 Å². The maximum absolute atomic E-state index is 6.55. The van der Waals surface area contributed by atoms with E-state index >= 15 is 0 Å². The van der Waals surface area contributed by atoms with Crippen molar-refractivity contribution in [1.82, 2.24) is 0 Å². The highest BCUT2D eigenvalue weighted by atomic mass is 16.5. The van der Waals surface area contributed by atoms with Gasteiger partial charge in [0, 0.05) is 21.5 Å². The molecule has 0 amide bonds. The minimum absolute atomic E-state index is 0.0294. The fourth-order valence-corrected chi connectivity index (χ4v) is 4.34. The highest BCUT2D eigenvalue weighted by Crippen LogP contribution is 2.44. The van der Waals surface area contributed by atoms with E-state index in [1.807, 2.05) is 36.4 Å². The monoisotopic (exact) mass is 446 g/mol. The second-order valence-corrected chi connectivity index (χ2v) is 9.76. The quantitative estimate of drug-likeness (QED) is 0.244. The minimum Gasteiger partial charge on any atom is -0.488 e. The molecule has 2 nitrogen and oxygen atoms in total. The van der Waals surface area contributed by atoms with Crippen molar-refractivity contribution in [3.63, 3.8) is 0 Å². The molecule has 5 aromatic carbocycles. The first-order valence-electron chi connectivity index (χ1n) is 11.8. The lowest BCUT2D eigenvalue weighted by molar-refractivity contribution is 0.308. The Kier molecular flexibility index (Phi) is 5.98. The Morgan fingerprint density at radius 1 is 0.500 bits per heavy atom. The number of benzene rings is 5. The van der Waals surface area contributed by atoms with Crippen molar-refractivity contribution in [3.8, 4) is 11.5 Å². The third kappa shape index (κ3) is 4.49. The van der Waals surface area contributed by atoms with Gasteiger partial charge in [-0.2, -0.15) is 0 Å². The van der Waals surface area contributed by atoms with Crippen LogP contribution in [0.2, 0.25) is 0 Å². The van der Waals surface area contributed by atoms with Crippen LogP contribution in [0.15, 0.2) is 103 Å². The van der Waals surface area contributed by atoms with Gasteiger partial charge in [0.05, 0.1) is 0 Å². The van der Waals surface area contributed by atoms with E-state index in [9.17, 15) is 0 Å². The predicted octanol–water partition coefficient (Wildman–Crippen LogP) is 8.45. The van der Waals surface area contributed by atoms with Gasteiger partial charge in [-0.3, -0.25) is 0 Å². The molecule has 0 saturated heterocycles. The third-order valence-corrected chi connectivity index (χ3v) is 6.24. The van der Waals surface area contributed by atoms with Gasteiger partial charge in [0.25, 0.3) is 0 Å². The van der Waals surface area contributed by atoms with Crippen LogP contribution in [0.4, 0.5) is 0 Å². The molecule has 0 heterocycles. The van der Waals surface area contributed by atoms with E-state index in [2.05, 4.69) is 87.5 Å². The molecular weight excluding hydrogens is 416 g/mol. The first-order valence-corrected chi connectivity index (χ1v) is 11.8. The molecule has 34 heavy (non-hydrogen) atoms. The standard InChI is InChI=1S/C32H30O2/c1-32(2,3)25-18-19-28-29(20-25)31(34-22-24-14-8-5-9-15-24)27-17-11-10-16-26(27)30(28)33-21-23-12-6-4-7-13-23/h4-20H,21-22H2,1-3H3. The summed E-state index contributed by atoms with van der Waals surface area (Å²) in [7, 11) is 0. The lowest BCUT2D eigenvalue weighted by Gasteiger charge is -2.22. The molecule has 170 valence electrons. The summed E-state index contributed by atoms with van der Waals surface area (Å²) in [5.41, 5.74) is 3.60. The molecule has 5 aromatic rings. The molecule has 0 atom stereocenters. The Balaban J connectivity index is 1.68. The molecule has 0 saturated carbocycles. The molecule has 0 aliphatic carbocycles. The Morgan fingerprint density at radius 2 is 0.941 bits per heavy atom. The summed E-state index contributed by atoms with van der Waals surface area (Å²) in [6.07, 6.45) is 0. The van der Waals surface area contributed by atoms with Gasteiger partial charge in [0.2, 0.25) is 0 Å². The zero-order valence-corrected chi connectivity index (χ0v) is 20.0. The molecule has 0 spiro atoms. The molecule has 2 heteroatoms. The van der Waals surface area contributed by atoms with Gasteiger partial charge in [-0.25, -0.2) is 0 Å². The SMILES string of the molecule is CC(C)(C)c1ccc2c(OCc3ccccc3)c3ccccc3c(OCc3ccccc3)c2c1. The van der Waals surface area contributed by atoms with Crippen molar-refractivity contribution >= 4 is 21.5 Å². The van der Waals surface area contributed by atoms with Crippen molar-refractivity contribution in [1.29, 1.82) is 0 Å².